The number of nitrogens with one attached hydrogen (secondary N) is 1. The van der Waals surface area contributed by atoms with E-state index in [0.717, 1.165) is 6.66 Å². The van der Waals surface area contributed by atoms with E-state index in [1.54, 1.807) is 0 Å². The van der Waals surface area contributed by atoms with Crippen molar-refractivity contribution in [3.05, 3.63) is 0 Å². The first-order chi connectivity index (χ1) is 4.33. The molecule has 0 saturated carbocycles. The zero-order chi connectivity index (χ0) is 8.36. The maximum atomic E-state index is 10.5. The number of carboxylic acids is 1. The fraction of sp³-hybridized carbons (Fsp3) is 0.750. The molecule has 0 rings (SSSR count). The molecule has 0 aliphatic rings. The lowest BCUT2D eigenvalue weighted by Crippen LogP contribution is -2.30. The van der Waals surface area contributed by atoms with Crippen molar-refractivity contribution in [3.63, 3.8) is 0 Å². The van der Waals surface area contributed by atoms with Gasteiger partial charge in [0, 0.05) is 6.66 Å². The lowest BCUT2D eigenvalue weighted by Gasteiger charge is -2.10. The molecule has 0 amide bonds. The third kappa shape index (κ3) is 4.49. The van der Waals surface area contributed by atoms with Gasteiger partial charge in [-0.25, -0.2) is 5.09 Å². The Bertz CT molecular complexity index is 174. The van der Waals surface area contributed by atoms with Crippen LogP contribution in [-0.2, 0) is 9.36 Å². The molecule has 5 nitrogen and oxygen atoms in total. The van der Waals surface area contributed by atoms with Crippen LogP contribution >= 0.6 is 7.52 Å². The van der Waals surface area contributed by atoms with Crippen molar-refractivity contribution in [3.8, 4) is 0 Å². The average Bonchev–Trinajstić information content (AvgIpc) is 1.60. The van der Waals surface area contributed by atoms with E-state index in [1.165, 1.54) is 6.92 Å². The zero-order valence-electron chi connectivity index (χ0n) is 5.74. The molecule has 6 heteroatoms. The van der Waals surface area contributed by atoms with Gasteiger partial charge in [-0.15, -0.1) is 0 Å². The van der Waals surface area contributed by atoms with Crippen LogP contribution in [0.3, 0.4) is 0 Å². The Morgan fingerprint density at radius 2 is 2.10 bits per heavy atom. The molecule has 0 spiro atoms. The molecule has 0 radical (unpaired) electrons. The van der Waals surface area contributed by atoms with Crippen molar-refractivity contribution in [1.82, 2.24) is 5.09 Å². The van der Waals surface area contributed by atoms with E-state index in [1.807, 2.05) is 5.09 Å². The molecule has 0 bridgehead atoms. The summed E-state index contributed by atoms with van der Waals surface area (Å²) in [7, 11) is -3.41. The Morgan fingerprint density at radius 3 is 2.20 bits per heavy atom. The summed E-state index contributed by atoms with van der Waals surface area (Å²) in [5, 5.41) is 10.3. The van der Waals surface area contributed by atoms with Crippen molar-refractivity contribution in [2.24, 2.45) is 0 Å². The summed E-state index contributed by atoms with van der Waals surface area (Å²) in [5.41, 5.74) is 0. The summed E-state index contributed by atoms with van der Waals surface area (Å²) in [4.78, 5) is 18.7. The van der Waals surface area contributed by atoms with Crippen molar-refractivity contribution >= 4 is 13.5 Å². The predicted molar refractivity (Wildman–Crippen MR) is 36.0 cm³/mol. The van der Waals surface area contributed by atoms with Crippen LogP contribution in [0.4, 0.5) is 0 Å². The van der Waals surface area contributed by atoms with Gasteiger partial charge in [-0.05, 0) is 6.92 Å². The second-order valence-corrected chi connectivity index (χ2v) is 4.08. The molecule has 1 unspecified atom stereocenters. The molecule has 0 aromatic heterocycles. The van der Waals surface area contributed by atoms with Crippen LogP contribution in [-0.4, -0.2) is 28.7 Å². The molecule has 2 atom stereocenters. The highest BCUT2D eigenvalue weighted by molar-refractivity contribution is 7.55. The van der Waals surface area contributed by atoms with Crippen molar-refractivity contribution < 1.29 is 19.4 Å². The largest absolute Gasteiger partial charge is 0.480 e. The Hall–Kier alpha value is -0.380. The summed E-state index contributed by atoms with van der Waals surface area (Å²) >= 11 is 0. The summed E-state index contributed by atoms with van der Waals surface area (Å²) in [6.45, 7) is 2.35. The summed E-state index contributed by atoms with van der Waals surface area (Å²) in [6, 6.07) is -0.985. The minimum Gasteiger partial charge on any atom is -0.480 e. The maximum Gasteiger partial charge on any atom is 0.320 e. The van der Waals surface area contributed by atoms with Gasteiger partial charge in [-0.3, -0.25) is 9.36 Å². The highest BCUT2D eigenvalue weighted by Crippen LogP contribution is 2.29. The van der Waals surface area contributed by atoms with Gasteiger partial charge in [0.2, 0.25) is 0 Å². The molecule has 0 aromatic rings. The molecule has 0 aromatic carbocycles. The molecule has 0 fully saturated rings. The Labute approximate surface area is 58.6 Å². The minimum absolute atomic E-state index is 0.985. The standard InChI is InChI=1S/C4H10NO4P/c1-3(4(6)7)5-10(2,8)9/h3H,1-2H3,(H,6,7)(H2,5,8,9)/t3-/m0/s1. The molecule has 0 heterocycles. The summed E-state index contributed by atoms with van der Waals surface area (Å²) < 4.78 is 10.5. The van der Waals surface area contributed by atoms with Gasteiger partial charge in [0.1, 0.15) is 6.04 Å². The molecule has 0 aliphatic heterocycles. The fourth-order valence-corrected chi connectivity index (χ4v) is 1.24. The second kappa shape index (κ2) is 3.14. The third-order valence-electron chi connectivity index (χ3n) is 0.804. The van der Waals surface area contributed by atoms with E-state index in [-0.39, 0.29) is 0 Å². The van der Waals surface area contributed by atoms with Crippen LogP contribution in [0.1, 0.15) is 6.92 Å². The SMILES string of the molecule is C[C@H](NP(C)(=O)O)C(=O)O. The molecule has 0 aliphatic carbocycles. The van der Waals surface area contributed by atoms with Crippen LogP contribution in [0.15, 0.2) is 0 Å². The van der Waals surface area contributed by atoms with Gasteiger partial charge in [0.05, 0.1) is 0 Å². The highest BCUT2D eigenvalue weighted by atomic mass is 31.2. The highest BCUT2D eigenvalue weighted by Gasteiger charge is 2.18. The molecular weight excluding hydrogens is 157 g/mol. The van der Waals surface area contributed by atoms with Gasteiger partial charge in [-0.2, -0.15) is 0 Å². The predicted octanol–water partition coefficient (Wildman–Crippen LogP) is -0.136. The molecule has 10 heavy (non-hydrogen) atoms. The number of aliphatic carboxylic acids is 1. The van der Waals surface area contributed by atoms with E-state index in [9.17, 15) is 9.36 Å². The Kier molecular flexibility index (Phi) is 3.02. The number of rotatable bonds is 3. The number of hydrogen-bond donors (Lipinski definition) is 3. The van der Waals surface area contributed by atoms with Crippen LogP contribution < -0.4 is 5.09 Å². The van der Waals surface area contributed by atoms with E-state index in [0.29, 0.717) is 0 Å². The second-order valence-electron chi connectivity index (χ2n) is 2.07. The van der Waals surface area contributed by atoms with Crippen LogP contribution in [0.2, 0.25) is 0 Å². The van der Waals surface area contributed by atoms with Gasteiger partial charge in [0.15, 0.2) is 0 Å². The first kappa shape index (κ1) is 9.62. The number of carboxylic acid groups (broad SMARTS) is 1. The van der Waals surface area contributed by atoms with Crippen LogP contribution in [0.5, 0.6) is 0 Å². The average molecular weight is 167 g/mol. The van der Waals surface area contributed by atoms with Crippen molar-refractivity contribution in [2.45, 2.75) is 13.0 Å². The monoisotopic (exact) mass is 167 g/mol. The lowest BCUT2D eigenvalue weighted by atomic mass is 10.4. The van der Waals surface area contributed by atoms with Gasteiger partial charge in [-0.1, -0.05) is 0 Å². The van der Waals surface area contributed by atoms with Crippen molar-refractivity contribution in [1.29, 1.82) is 0 Å². The van der Waals surface area contributed by atoms with E-state index < -0.39 is 19.5 Å². The fourth-order valence-electron chi connectivity index (χ4n) is 0.415. The summed E-state index contributed by atoms with van der Waals surface area (Å²) in [5.74, 6) is -1.14. The van der Waals surface area contributed by atoms with E-state index >= 15 is 0 Å². The third-order valence-corrected chi connectivity index (χ3v) is 1.67. The minimum atomic E-state index is -3.41. The Morgan fingerprint density at radius 1 is 1.70 bits per heavy atom. The smallest absolute Gasteiger partial charge is 0.320 e. The molecular formula is C4H10NO4P. The number of carbonyl (C=O) groups is 1. The topological polar surface area (TPSA) is 86.6 Å². The van der Waals surface area contributed by atoms with E-state index in [4.69, 9.17) is 10.00 Å². The summed E-state index contributed by atoms with van der Waals surface area (Å²) in [6.07, 6.45) is 0. The zero-order valence-corrected chi connectivity index (χ0v) is 6.63. The first-order valence-corrected chi connectivity index (χ1v) is 4.74. The molecule has 3 N–H and O–H groups in total. The quantitative estimate of drug-likeness (QED) is 0.509. The lowest BCUT2D eigenvalue weighted by molar-refractivity contribution is -0.138. The molecule has 0 saturated heterocycles. The molecule has 60 valence electrons. The first-order valence-electron chi connectivity index (χ1n) is 2.64. The van der Waals surface area contributed by atoms with Crippen LogP contribution in [0.25, 0.3) is 0 Å². The van der Waals surface area contributed by atoms with E-state index in [2.05, 4.69) is 0 Å². The van der Waals surface area contributed by atoms with Gasteiger partial charge >= 0.3 is 5.97 Å². The Balaban J connectivity index is 3.93. The van der Waals surface area contributed by atoms with Gasteiger partial charge < -0.3 is 10.00 Å². The number of hydrogen-bond acceptors (Lipinski definition) is 2. The van der Waals surface area contributed by atoms with Gasteiger partial charge in [0.25, 0.3) is 7.52 Å². The van der Waals surface area contributed by atoms with Crippen LogP contribution in [0, 0.1) is 0 Å². The maximum absolute atomic E-state index is 10.5. The van der Waals surface area contributed by atoms with Crippen molar-refractivity contribution in [2.75, 3.05) is 6.66 Å². The normalized spacial score (nSPS) is 19.5.